The average Bonchev–Trinajstić information content (AvgIpc) is 2.68. The van der Waals surface area contributed by atoms with E-state index in [-0.39, 0.29) is 30.3 Å². The number of benzene rings is 1. The van der Waals surface area contributed by atoms with Gasteiger partial charge in [-0.15, -0.1) is 0 Å². The maximum atomic E-state index is 13.7. The second-order valence-electron chi connectivity index (χ2n) is 9.89. The van der Waals surface area contributed by atoms with Crippen molar-refractivity contribution in [3.8, 4) is 0 Å². The van der Waals surface area contributed by atoms with Gasteiger partial charge in [0.25, 0.3) is 0 Å². The first-order valence-corrected chi connectivity index (χ1v) is 11.6. The van der Waals surface area contributed by atoms with Crippen molar-refractivity contribution in [1.82, 2.24) is 15.5 Å². The van der Waals surface area contributed by atoms with Gasteiger partial charge in [-0.25, -0.2) is 4.79 Å². The highest BCUT2D eigenvalue weighted by Crippen LogP contribution is 2.25. The molecule has 0 saturated carbocycles. The van der Waals surface area contributed by atoms with E-state index in [9.17, 15) is 14.4 Å². The first-order valence-electron chi connectivity index (χ1n) is 11.6. The minimum absolute atomic E-state index is 0.0947. The van der Waals surface area contributed by atoms with E-state index in [4.69, 9.17) is 4.74 Å². The smallest absolute Gasteiger partial charge is 0.408 e. The number of amides is 3. The minimum Gasteiger partial charge on any atom is -0.444 e. The molecule has 1 aromatic carbocycles. The number of carbonyl (C=O) groups is 3. The SMILES string of the molecule is C=Cc1cccc(C(C(=O)NC(C)C)N(CC)C(=O)C(CC(C)C)NC(=O)OC(C)(C)C)c1. The van der Waals surface area contributed by atoms with Gasteiger partial charge >= 0.3 is 6.09 Å². The molecule has 1 rings (SSSR count). The van der Waals surface area contributed by atoms with E-state index in [1.165, 1.54) is 4.90 Å². The van der Waals surface area contributed by atoms with E-state index in [0.29, 0.717) is 12.0 Å². The summed E-state index contributed by atoms with van der Waals surface area (Å²) in [5, 5.41) is 5.66. The van der Waals surface area contributed by atoms with Crippen LogP contribution in [0.2, 0.25) is 0 Å². The Morgan fingerprint density at radius 1 is 1.12 bits per heavy atom. The minimum atomic E-state index is -0.847. The summed E-state index contributed by atoms with van der Waals surface area (Å²) in [6.07, 6.45) is 1.46. The Labute approximate surface area is 198 Å². The zero-order chi connectivity index (χ0) is 25.3. The van der Waals surface area contributed by atoms with Crippen LogP contribution < -0.4 is 10.6 Å². The van der Waals surface area contributed by atoms with Gasteiger partial charge in [0.15, 0.2) is 0 Å². The highest BCUT2D eigenvalue weighted by atomic mass is 16.6. The Hall–Kier alpha value is -2.83. The molecule has 0 bridgehead atoms. The number of nitrogens with one attached hydrogen (secondary N) is 2. The van der Waals surface area contributed by atoms with Crippen molar-refractivity contribution in [2.24, 2.45) is 5.92 Å². The van der Waals surface area contributed by atoms with Crippen molar-refractivity contribution in [1.29, 1.82) is 0 Å². The molecular weight excluding hydrogens is 418 g/mol. The number of ether oxygens (including phenoxy) is 1. The van der Waals surface area contributed by atoms with Gasteiger partial charge in [-0.2, -0.15) is 0 Å². The zero-order valence-electron chi connectivity index (χ0n) is 21.4. The first-order chi connectivity index (χ1) is 15.3. The van der Waals surface area contributed by atoms with E-state index < -0.39 is 23.8 Å². The molecule has 184 valence electrons. The predicted octanol–water partition coefficient (Wildman–Crippen LogP) is 4.68. The summed E-state index contributed by atoms with van der Waals surface area (Å²) in [5.74, 6) is -0.466. The van der Waals surface area contributed by atoms with Crippen molar-refractivity contribution in [3.63, 3.8) is 0 Å². The van der Waals surface area contributed by atoms with Crippen LogP contribution in [0.1, 0.15) is 79.0 Å². The van der Waals surface area contributed by atoms with Gasteiger partial charge in [0.1, 0.15) is 17.7 Å². The quantitative estimate of drug-likeness (QED) is 0.532. The van der Waals surface area contributed by atoms with Crippen molar-refractivity contribution in [3.05, 3.63) is 42.0 Å². The Morgan fingerprint density at radius 2 is 1.76 bits per heavy atom. The molecular formula is C26H41N3O4. The van der Waals surface area contributed by atoms with Crippen molar-refractivity contribution in [2.45, 2.75) is 85.5 Å². The Bertz CT molecular complexity index is 827. The maximum Gasteiger partial charge on any atom is 0.408 e. The Balaban J connectivity index is 3.38. The van der Waals surface area contributed by atoms with Gasteiger partial charge in [-0.05, 0) is 71.1 Å². The molecule has 0 aliphatic rings. The van der Waals surface area contributed by atoms with Crippen LogP contribution in [-0.2, 0) is 14.3 Å². The normalized spacial score (nSPS) is 13.3. The number of nitrogens with zero attached hydrogens (tertiary/aromatic N) is 1. The summed E-state index contributed by atoms with van der Waals surface area (Å²) < 4.78 is 5.38. The molecule has 2 unspecified atom stereocenters. The van der Waals surface area contributed by atoms with Crippen molar-refractivity contribution < 1.29 is 19.1 Å². The predicted molar refractivity (Wildman–Crippen MR) is 133 cm³/mol. The average molecular weight is 460 g/mol. The number of hydrogen-bond donors (Lipinski definition) is 2. The number of alkyl carbamates (subject to hydrolysis) is 1. The molecule has 0 aliphatic heterocycles. The third-order valence-corrected chi connectivity index (χ3v) is 4.77. The lowest BCUT2D eigenvalue weighted by Gasteiger charge is -2.34. The van der Waals surface area contributed by atoms with Crippen LogP contribution in [0.25, 0.3) is 6.08 Å². The molecule has 0 heterocycles. The van der Waals surface area contributed by atoms with Gasteiger partial charge < -0.3 is 20.3 Å². The van der Waals surface area contributed by atoms with Crippen molar-refractivity contribution >= 4 is 24.0 Å². The number of carbonyl (C=O) groups excluding carboxylic acids is 3. The summed E-state index contributed by atoms with van der Waals surface area (Å²) in [7, 11) is 0. The van der Waals surface area contributed by atoms with Crippen LogP contribution in [0, 0.1) is 5.92 Å². The number of likely N-dealkylation sites (N-methyl/N-ethyl adjacent to an activating group) is 1. The lowest BCUT2D eigenvalue weighted by molar-refractivity contribution is -0.142. The van der Waals surface area contributed by atoms with E-state index in [2.05, 4.69) is 17.2 Å². The largest absolute Gasteiger partial charge is 0.444 e. The standard InChI is InChI=1S/C26H41N3O4/c1-10-19-13-12-14-20(16-19)22(23(30)27-18(5)6)29(11-2)24(31)21(15-17(3)4)28-25(32)33-26(7,8)9/h10,12-14,16-18,21-22H,1,11,15H2,2-9H3,(H,27,30)(H,28,32). The molecule has 0 fully saturated rings. The molecule has 0 saturated heterocycles. The van der Waals surface area contributed by atoms with E-state index >= 15 is 0 Å². The highest BCUT2D eigenvalue weighted by molar-refractivity contribution is 5.92. The molecule has 3 amide bonds. The lowest BCUT2D eigenvalue weighted by atomic mass is 9.98. The number of rotatable bonds is 10. The Kier molecular flexibility index (Phi) is 10.6. The molecule has 33 heavy (non-hydrogen) atoms. The van der Waals surface area contributed by atoms with Crippen LogP contribution in [0.5, 0.6) is 0 Å². The molecule has 0 aromatic heterocycles. The van der Waals surface area contributed by atoms with Gasteiger partial charge in [0, 0.05) is 12.6 Å². The van der Waals surface area contributed by atoms with Crippen LogP contribution in [0.15, 0.2) is 30.8 Å². The van der Waals surface area contributed by atoms with Gasteiger partial charge in [0.05, 0.1) is 0 Å². The molecule has 2 atom stereocenters. The maximum absolute atomic E-state index is 13.7. The summed E-state index contributed by atoms with van der Waals surface area (Å²) in [6.45, 7) is 18.9. The van der Waals surface area contributed by atoms with Crippen LogP contribution >= 0.6 is 0 Å². The first kappa shape index (κ1) is 28.2. The zero-order valence-corrected chi connectivity index (χ0v) is 21.4. The topological polar surface area (TPSA) is 87.7 Å². The summed E-state index contributed by atoms with van der Waals surface area (Å²) in [5.41, 5.74) is 0.843. The van der Waals surface area contributed by atoms with Gasteiger partial charge in [-0.3, -0.25) is 9.59 Å². The molecule has 0 radical (unpaired) electrons. The fourth-order valence-corrected chi connectivity index (χ4v) is 3.50. The number of hydrogen-bond acceptors (Lipinski definition) is 4. The molecule has 7 nitrogen and oxygen atoms in total. The third kappa shape index (κ3) is 9.28. The molecule has 0 aliphatic carbocycles. The van der Waals surface area contributed by atoms with E-state index in [1.807, 2.05) is 58.9 Å². The van der Waals surface area contributed by atoms with Crippen molar-refractivity contribution in [2.75, 3.05) is 6.54 Å². The fourth-order valence-electron chi connectivity index (χ4n) is 3.50. The van der Waals surface area contributed by atoms with Crippen LogP contribution in [0.4, 0.5) is 4.79 Å². The molecule has 0 spiro atoms. The third-order valence-electron chi connectivity index (χ3n) is 4.77. The lowest BCUT2D eigenvalue weighted by Crippen LogP contribution is -2.53. The fraction of sp³-hybridized carbons (Fsp3) is 0.577. The van der Waals surface area contributed by atoms with Gasteiger partial charge in [0.2, 0.25) is 11.8 Å². The highest BCUT2D eigenvalue weighted by Gasteiger charge is 2.36. The van der Waals surface area contributed by atoms with E-state index in [0.717, 1.165) is 5.56 Å². The van der Waals surface area contributed by atoms with Crippen LogP contribution in [0.3, 0.4) is 0 Å². The Morgan fingerprint density at radius 3 is 2.24 bits per heavy atom. The molecule has 1 aromatic rings. The molecule has 7 heteroatoms. The summed E-state index contributed by atoms with van der Waals surface area (Å²) in [4.78, 5) is 41.0. The summed E-state index contributed by atoms with van der Waals surface area (Å²) >= 11 is 0. The monoisotopic (exact) mass is 459 g/mol. The molecule has 2 N–H and O–H groups in total. The second kappa shape index (κ2) is 12.4. The van der Waals surface area contributed by atoms with Crippen LogP contribution in [-0.4, -0.2) is 47.0 Å². The van der Waals surface area contributed by atoms with Gasteiger partial charge in [-0.1, -0.05) is 44.7 Å². The second-order valence-corrected chi connectivity index (χ2v) is 9.89. The summed E-state index contributed by atoms with van der Waals surface area (Å²) in [6, 6.07) is 5.64. The van der Waals surface area contributed by atoms with E-state index in [1.54, 1.807) is 26.8 Å².